The largest absolute Gasteiger partial charge is 0.857 e. The molecule has 3 heteroatoms. The summed E-state index contributed by atoms with van der Waals surface area (Å²) in [6, 6.07) is 10.1. The molecule has 0 saturated carbocycles. The molecule has 1 aromatic carbocycles. The molecule has 1 heterocycles. The highest BCUT2D eigenvalue weighted by molar-refractivity contribution is 5.77. The Morgan fingerprint density at radius 3 is 2.71 bits per heavy atom. The Hall–Kier alpha value is -1.64. The van der Waals surface area contributed by atoms with Gasteiger partial charge in [-0.25, -0.2) is 0 Å². The predicted molar refractivity (Wildman–Crippen MR) is 53.4 cm³/mol. The van der Waals surface area contributed by atoms with Crippen molar-refractivity contribution in [1.29, 1.82) is 0 Å². The molecule has 3 nitrogen and oxygen atoms in total. The van der Waals surface area contributed by atoms with Crippen LogP contribution in [0.3, 0.4) is 0 Å². The highest BCUT2D eigenvalue weighted by Gasteiger charge is 2.21. The van der Waals surface area contributed by atoms with E-state index in [0.717, 1.165) is 5.56 Å². The first-order valence-corrected chi connectivity index (χ1v) is 4.68. The molecule has 0 fully saturated rings. The van der Waals surface area contributed by atoms with Gasteiger partial charge in [0.15, 0.2) is 6.04 Å². The molecule has 1 aliphatic rings. The summed E-state index contributed by atoms with van der Waals surface area (Å²) in [5.74, 6) is -0.0373. The van der Waals surface area contributed by atoms with Crippen molar-refractivity contribution in [3.05, 3.63) is 35.9 Å². The smallest absolute Gasteiger partial charge is 0.203 e. The Morgan fingerprint density at radius 1 is 1.43 bits per heavy atom. The van der Waals surface area contributed by atoms with Crippen LogP contribution in [0.2, 0.25) is 0 Å². The molecule has 0 amide bonds. The summed E-state index contributed by atoms with van der Waals surface area (Å²) in [5, 5.41) is 14.9. The minimum Gasteiger partial charge on any atom is -0.857 e. The van der Waals surface area contributed by atoms with Crippen molar-refractivity contribution >= 4 is 12.1 Å². The van der Waals surface area contributed by atoms with Crippen LogP contribution in [-0.2, 0) is 0 Å². The molecule has 1 aromatic rings. The average Bonchev–Trinajstić information content (AvgIpc) is 2.47. The summed E-state index contributed by atoms with van der Waals surface area (Å²) in [6.45, 7) is 1.99. The van der Waals surface area contributed by atoms with E-state index in [0.29, 0.717) is 6.42 Å². The van der Waals surface area contributed by atoms with Crippen LogP contribution in [0.15, 0.2) is 35.4 Å². The third-order valence-electron chi connectivity index (χ3n) is 2.23. The monoisotopic (exact) mass is 188 g/mol. The van der Waals surface area contributed by atoms with Crippen LogP contribution in [0.5, 0.6) is 0 Å². The lowest BCUT2D eigenvalue weighted by Crippen LogP contribution is -2.17. The van der Waals surface area contributed by atoms with Gasteiger partial charge < -0.3 is 5.11 Å². The molecule has 0 spiro atoms. The molecule has 1 aliphatic heterocycles. The van der Waals surface area contributed by atoms with Gasteiger partial charge in [-0.3, -0.25) is 0 Å². The summed E-state index contributed by atoms with van der Waals surface area (Å²) < 4.78 is 1.73. The van der Waals surface area contributed by atoms with Crippen molar-refractivity contribution in [2.24, 2.45) is 5.10 Å². The second-order valence-corrected chi connectivity index (χ2v) is 3.47. The van der Waals surface area contributed by atoms with E-state index in [1.54, 1.807) is 4.68 Å². The van der Waals surface area contributed by atoms with E-state index in [1.807, 2.05) is 43.5 Å². The van der Waals surface area contributed by atoms with Gasteiger partial charge >= 0.3 is 0 Å². The van der Waals surface area contributed by atoms with Crippen molar-refractivity contribution in [3.8, 4) is 0 Å². The molecular weight excluding hydrogens is 176 g/mol. The fourth-order valence-corrected chi connectivity index (χ4v) is 1.46. The summed E-state index contributed by atoms with van der Waals surface area (Å²) in [7, 11) is 0. The van der Waals surface area contributed by atoms with Crippen LogP contribution in [0, 0.1) is 0 Å². The van der Waals surface area contributed by atoms with Gasteiger partial charge in [-0.2, -0.15) is 0 Å². The van der Waals surface area contributed by atoms with Gasteiger partial charge in [0.25, 0.3) is 0 Å². The third-order valence-corrected chi connectivity index (χ3v) is 2.23. The van der Waals surface area contributed by atoms with Gasteiger partial charge in [0.1, 0.15) is 0 Å². The highest BCUT2D eigenvalue weighted by atomic mass is 16.3. The summed E-state index contributed by atoms with van der Waals surface area (Å²) in [6.07, 6.45) is 2.42. The summed E-state index contributed by atoms with van der Waals surface area (Å²) >= 11 is 0. The summed E-state index contributed by atoms with van der Waals surface area (Å²) in [5.41, 5.74) is 1.07. The maximum absolute atomic E-state index is 11.0. The number of benzene rings is 1. The second-order valence-electron chi connectivity index (χ2n) is 3.47. The normalized spacial score (nSPS) is 23.9. The standard InChI is InChI=1S/C11H12N2O/c1-9-7-11(14)12-13(9)8-10-5-3-2-4-6-10/h2-6,8-9H,7H2,1H3/b13-8-. The molecule has 1 unspecified atom stereocenters. The van der Waals surface area contributed by atoms with Crippen LogP contribution < -0.4 is 5.11 Å². The molecule has 2 rings (SSSR count). The fourth-order valence-electron chi connectivity index (χ4n) is 1.46. The number of rotatable bonds is 1. The van der Waals surface area contributed by atoms with E-state index in [-0.39, 0.29) is 11.9 Å². The molecule has 72 valence electrons. The van der Waals surface area contributed by atoms with Gasteiger partial charge in [0.2, 0.25) is 6.21 Å². The van der Waals surface area contributed by atoms with Gasteiger partial charge in [0.05, 0.1) is 0 Å². The molecule has 0 saturated heterocycles. The van der Waals surface area contributed by atoms with E-state index in [1.165, 1.54) is 0 Å². The molecule has 0 aromatic heterocycles. The Bertz CT molecular complexity index is 382. The quantitative estimate of drug-likeness (QED) is 0.594. The number of nitrogens with zero attached hydrogens (tertiary/aromatic N) is 2. The zero-order valence-electron chi connectivity index (χ0n) is 8.05. The summed E-state index contributed by atoms with van der Waals surface area (Å²) in [4.78, 5) is 0. The van der Waals surface area contributed by atoms with Gasteiger partial charge in [-0.15, -0.1) is 0 Å². The molecule has 0 N–H and O–H groups in total. The third kappa shape index (κ3) is 1.82. The van der Waals surface area contributed by atoms with E-state index in [2.05, 4.69) is 5.10 Å². The van der Waals surface area contributed by atoms with Crippen LogP contribution in [0.4, 0.5) is 0 Å². The van der Waals surface area contributed by atoms with E-state index in [9.17, 15) is 5.11 Å². The Balaban J connectivity index is 2.27. The molecule has 1 atom stereocenters. The SMILES string of the molecule is CC1CC([O-])=N/[N+]1=C\c1ccccc1. The van der Waals surface area contributed by atoms with Gasteiger partial charge in [0, 0.05) is 24.8 Å². The van der Waals surface area contributed by atoms with Gasteiger partial charge in [-0.1, -0.05) is 22.9 Å². The van der Waals surface area contributed by atoms with Gasteiger partial charge in [-0.05, 0) is 17.2 Å². The first-order valence-electron chi connectivity index (χ1n) is 4.68. The predicted octanol–water partition coefficient (Wildman–Crippen LogP) is 0.584. The van der Waals surface area contributed by atoms with Crippen LogP contribution >= 0.6 is 0 Å². The zero-order chi connectivity index (χ0) is 9.97. The Morgan fingerprint density at radius 2 is 2.14 bits per heavy atom. The van der Waals surface area contributed by atoms with Crippen molar-refractivity contribution < 1.29 is 9.79 Å². The Kier molecular flexibility index (Phi) is 2.31. The minimum atomic E-state index is -0.0373. The van der Waals surface area contributed by atoms with E-state index < -0.39 is 0 Å². The first-order chi connectivity index (χ1) is 6.75. The van der Waals surface area contributed by atoms with E-state index >= 15 is 0 Å². The minimum absolute atomic E-state index is 0.0373. The fraction of sp³-hybridized carbons (Fsp3) is 0.273. The number of hydrogen-bond donors (Lipinski definition) is 0. The van der Waals surface area contributed by atoms with Crippen molar-refractivity contribution in [1.82, 2.24) is 0 Å². The molecule has 0 bridgehead atoms. The second kappa shape index (κ2) is 3.62. The topological polar surface area (TPSA) is 38.4 Å². The Labute approximate surface area is 83.0 Å². The average molecular weight is 188 g/mol. The lowest BCUT2D eigenvalue weighted by atomic mass is 10.2. The van der Waals surface area contributed by atoms with Crippen molar-refractivity contribution in [2.75, 3.05) is 0 Å². The number of hydrogen-bond acceptors (Lipinski definition) is 2. The molecule has 14 heavy (non-hydrogen) atoms. The maximum Gasteiger partial charge on any atom is 0.203 e. The van der Waals surface area contributed by atoms with Crippen molar-refractivity contribution in [3.63, 3.8) is 0 Å². The molecular formula is C11H12N2O. The zero-order valence-corrected chi connectivity index (χ0v) is 8.05. The van der Waals surface area contributed by atoms with Crippen molar-refractivity contribution in [2.45, 2.75) is 19.4 Å². The first kappa shape index (κ1) is 8.94. The molecule has 0 radical (unpaired) electrons. The van der Waals surface area contributed by atoms with Crippen LogP contribution in [0.25, 0.3) is 0 Å². The molecule has 0 aliphatic carbocycles. The van der Waals surface area contributed by atoms with Crippen LogP contribution in [0.1, 0.15) is 18.9 Å². The lowest BCUT2D eigenvalue weighted by molar-refractivity contribution is -0.553. The maximum atomic E-state index is 11.0. The van der Waals surface area contributed by atoms with Crippen LogP contribution in [-0.4, -0.2) is 22.8 Å². The van der Waals surface area contributed by atoms with E-state index in [4.69, 9.17) is 0 Å². The lowest BCUT2D eigenvalue weighted by Gasteiger charge is -1.96. The number of hydrazone groups is 1. The highest BCUT2D eigenvalue weighted by Crippen LogP contribution is 2.06.